The van der Waals surface area contributed by atoms with Gasteiger partial charge in [-0.3, -0.25) is 9.78 Å². The van der Waals surface area contributed by atoms with Crippen molar-refractivity contribution in [2.45, 2.75) is 26.5 Å². The number of rotatable bonds is 10. The lowest BCUT2D eigenvalue weighted by Gasteiger charge is -2.20. The lowest BCUT2D eigenvalue weighted by molar-refractivity contribution is 0.0913. The maximum Gasteiger partial charge on any atom is 0.252 e. The highest BCUT2D eigenvalue weighted by molar-refractivity contribution is 5.95. The van der Waals surface area contributed by atoms with Gasteiger partial charge >= 0.3 is 0 Å². The molecule has 1 atom stereocenters. The van der Waals surface area contributed by atoms with Crippen LogP contribution in [-0.2, 0) is 6.61 Å². The summed E-state index contributed by atoms with van der Waals surface area (Å²) in [6.07, 6.45) is 3.32. The number of hydrogen-bond acceptors (Lipinski definition) is 8. The Bertz CT molecular complexity index is 1270. The minimum atomic E-state index is -0.513. The van der Waals surface area contributed by atoms with Gasteiger partial charge in [0.1, 0.15) is 12.6 Å². The van der Waals surface area contributed by atoms with Crippen LogP contribution in [0.1, 0.15) is 41.7 Å². The molecule has 9 heteroatoms. The molecule has 1 amide bonds. The van der Waals surface area contributed by atoms with E-state index < -0.39 is 6.04 Å². The van der Waals surface area contributed by atoms with E-state index in [9.17, 15) is 4.79 Å². The molecule has 0 spiro atoms. The number of carbonyl (C=O) groups is 1. The van der Waals surface area contributed by atoms with Gasteiger partial charge in [-0.25, -0.2) is 0 Å². The van der Waals surface area contributed by atoms with E-state index >= 15 is 0 Å². The summed E-state index contributed by atoms with van der Waals surface area (Å²) in [7, 11) is 3.03. The fraction of sp³-hybridized carbons (Fsp3) is 0.259. The van der Waals surface area contributed by atoms with Gasteiger partial charge < -0.3 is 24.1 Å². The first-order valence-electron chi connectivity index (χ1n) is 11.5. The predicted octanol–water partition coefficient (Wildman–Crippen LogP) is 4.85. The second kappa shape index (κ2) is 11.4. The lowest BCUT2D eigenvalue weighted by atomic mass is 10.0. The Morgan fingerprint density at radius 2 is 1.75 bits per heavy atom. The fourth-order valence-electron chi connectivity index (χ4n) is 3.59. The number of nitrogens with one attached hydrogen (secondary N) is 1. The molecule has 0 saturated heterocycles. The topological polar surface area (TPSA) is 109 Å². The molecule has 9 nitrogen and oxygen atoms in total. The van der Waals surface area contributed by atoms with Gasteiger partial charge in [-0.15, -0.1) is 0 Å². The maximum atomic E-state index is 13.3. The minimum Gasteiger partial charge on any atom is -0.493 e. The van der Waals surface area contributed by atoms with Crippen LogP contribution in [0.2, 0.25) is 0 Å². The zero-order chi connectivity index (χ0) is 25.5. The van der Waals surface area contributed by atoms with E-state index in [2.05, 4.69) is 20.4 Å². The van der Waals surface area contributed by atoms with Crippen molar-refractivity contribution < 1.29 is 23.5 Å². The molecular formula is C27H28N4O5. The van der Waals surface area contributed by atoms with Crippen LogP contribution in [0.25, 0.3) is 11.4 Å². The van der Waals surface area contributed by atoms with Gasteiger partial charge in [0.2, 0.25) is 17.5 Å². The Balaban J connectivity index is 1.55. The smallest absolute Gasteiger partial charge is 0.252 e. The van der Waals surface area contributed by atoms with Gasteiger partial charge in [-0.05, 0) is 35.7 Å². The maximum absolute atomic E-state index is 13.3. The first kappa shape index (κ1) is 24.7. The zero-order valence-corrected chi connectivity index (χ0v) is 20.6. The lowest BCUT2D eigenvalue weighted by Crippen LogP contribution is -2.32. The van der Waals surface area contributed by atoms with Crippen molar-refractivity contribution in [2.75, 3.05) is 14.2 Å². The zero-order valence-electron chi connectivity index (χ0n) is 20.6. The Kier molecular flexibility index (Phi) is 7.79. The van der Waals surface area contributed by atoms with E-state index in [1.807, 2.05) is 50.2 Å². The van der Waals surface area contributed by atoms with Gasteiger partial charge in [-0.1, -0.05) is 49.3 Å². The van der Waals surface area contributed by atoms with Crippen molar-refractivity contribution in [3.05, 3.63) is 84.0 Å². The van der Waals surface area contributed by atoms with Crippen LogP contribution in [-0.4, -0.2) is 35.3 Å². The molecule has 1 unspecified atom stereocenters. The summed E-state index contributed by atoms with van der Waals surface area (Å²) < 4.78 is 22.5. The largest absolute Gasteiger partial charge is 0.493 e. The number of pyridine rings is 1. The van der Waals surface area contributed by atoms with Gasteiger partial charge in [0, 0.05) is 23.5 Å². The van der Waals surface area contributed by atoms with E-state index in [1.165, 1.54) is 14.2 Å². The van der Waals surface area contributed by atoms with E-state index in [4.69, 9.17) is 18.7 Å². The average molecular weight is 489 g/mol. The average Bonchev–Trinajstić information content (AvgIpc) is 3.40. The van der Waals surface area contributed by atoms with Crippen LogP contribution in [0.5, 0.6) is 17.2 Å². The molecule has 0 bridgehead atoms. The Morgan fingerprint density at radius 1 is 1.03 bits per heavy atom. The number of amides is 1. The highest BCUT2D eigenvalue weighted by Crippen LogP contribution is 2.39. The Labute approximate surface area is 209 Å². The van der Waals surface area contributed by atoms with Gasteiger partial charge in [0.05, 0.1) is 14.2 Å². The number of nitrogens with zero attached hydrogens (tertiary/aromatic N) is 3. The first-order chi connectivity index (χ1) is 17.5. The molecule has 4 aromatic rings. The number of benzene rings is 2. The first-order valence-corrected chi connectivity index (χ1v) is 11.5. The van der Waals surface area contributed by atoms with Crippen LogP contribution in [0.4, 0.5) is 0 Å². The summed E-state index contributed by atoms with van der Waals surface area (Å²) in [5.41, 5.74) is 2.06. The molecule has 0 aliphatic heterocycles. The minimum absolute atomic E-state index is 0.0200. The van der Waals surface area contributed by atoms with Gasteiger partial charge in [0.15, 0.2) is 11.5 Å². The van der Waals surface area contributed by atoms with Crippen molar-refractivity contribution in [2.24, 2.45) is 5.92 Å². The van der Waals surface area contributed by atoms with Crippen molar-refractivity contribution in [3.63, 3.8) is 0 Å². The molecule has 186 valence electrons. The molecule has 0 aliphatic rings. The third-order valence-corrected chi connectivity index (χ3v) is 5.53. The summed E-state index contributed by atoms with van der Waals surface area (Å²) in [5.74, 6) is 1.52. The molecule has 0 saturated carbocycles. The van der Waals surface area contributed by atoms with E-state index in [-0.39, 0.29) is 11.8 Å². The molecule has 2 aromatic heterocycles. The standard InChI is InChI=1S/C27H28N4O5/c1-17(2)23(27-30-25(31-36-27)19-11-8-12-28-15-19)29-26(32)20-13-21(33-3)24(22(14-20)34-4)35-16-18-9-6-5-7-10-18/h5-15,17,23H,16H2,1-4H3,(H,29,32). The van der Waals surface area contributed by atoms with E-state index in [0.717, 1.165) is 11.1 Å². The van der Waals surface area contributed by atoms with Crippen molar-refractivity contribution >= 4 is 5.91 Å². The summed E-state index contributed by atoms with van der Waals surface area (Å²) >= 11 is 0. The SMILES string of the molecule is COc1cc(C(=O)NC(c2nc(-c3cccnc3)no2)C(C)C)cc(OC)c1OCc1ccccc1. The second-order valence-corrected chi connectivity index (χ2v) is 8.38. The highest BCUT2D eigenvalue weighted by Gasteiger charge is 2.27. The predicted molar refractivity (Wildman–Crippen MR) is 133 cm³/mol. The van der Waals surface area contributed by atoms with Crippen LogP contribution >= 0.6 is 0 Å². The number of ether oxygens (including phenoxy) is 3. The van der Waals surface area contributed by atoms with Crippen molar-refractivity contribution in [1.29, 1.82) is 0 Å². The van der Waals surface area contributed by atoms with Gasteiger partial charge in [-0.2, -0.15) is 4.98 Å². The molecule has 2 aromatic carbocycles. The van der Waals surface area contributed by atoms with Crippen LogP contribution in [0, 0.1) is 5.92 Å². The summed E-state index contributed by atoms with van der Waals surface area (Å²) in [5, 5.41) is 7.04. The fourth-order valence-corrected chi connectivity index (χ4v) is 3.59. The van der Waals surface area contributed by atoms with Crippen molar-refractivity contribution in [3.8, 4) is 28.6 Å². The third-order valence-electron chi connectivity index (χ3n) is 5.53. The molecule has 4 rings (SSSR count). The molecule has 36 heavy (non-hydrogen) atoms. The molecule has 0 aliphatic carbocycles. The second-order valence-electron chi connectivity index (χ2n) is 8.38. The van der Waals surface area contributed by atoms with Gasteiger partial charge in [0.25, 0.3) is 5.91 Å². The summed E-state index contributed by atoms with van der Waals surface area (Å²) in [6, 6.07) is 16.1. The van der Waals surface area contributed by atoms with Crippen LogP contribution in [0.3, 0.4) is 0 Å². The molecule has 0 fully saturated rings. The highest BCUT2D eigenvalue weighted by atomic mass is 16.5. The van der Waals surface area contributed by atoms with E-state index in [1.54, 1.807) is 30.6 Å². The van der Waals surface area contributed by atoms with E-state index in [0.29, 0.717) is 41.1 Å². The molecule has 1 N–H and O–H groups in total. The van der Waals surface area contributed by atoms with Crippen molar-refractivity contribution in [1.82, 2.24) is 20.4 Å². The number of methoxy groups -OCH3 is 2. The Hall–Kier alpha value is -4.40. The summed E-state index contributed by atoms with van der Waals surface area (Å²) in [4.78, 5) is 21.8. The quantitative estimate of drug-likeness (QED) is 0.337. The molecule has 2 heterocycles. The monoisotopic (exact) mass is 488 g/mol. The normalized spacial score (nSPS) is 11.7. The molecular weight excluding hydrogens is 460 g/mol. The number of hydrogen-bond donors (Lipinski definition) is 1. The summed E-state index contributed by atoms with van der Waals surface area (Å²) in [6.45, 7) is 4.24. The van der Waals surface area contributed by atoms with Crippen LogP contribution < -0.4 is 19.5 Å². The molecule has 0 radical (unpaired) electrons. The number of carbonyl (C=O) groups excluding carboxylic acids is 1. The third kappa shape index (κ3) is 5.63. The number of aromatic nitrogens is 3. The Morgan fingerprint density at radius 3 is 2.36 bits per heavy atom. The van der Waals surface area contributed by atoms with Crippen LogP contribution in [0.15, 0.2) is 71.5 Å².